The third-order valence-electron chi connectivity index (χ3n) is 5.10. The van der Waals surface area contributed by atoms with E-state index < -0.39 is 0 Å². The predicted molar refractivity (Wildman–Crippen MR) is 106 cm³/mol. The number of hydrogen-bond donors (Lipinski definition) is 1. The van der Waals surface area contributed by atoms with E-state index in [0.717, 1.165) is 23.6 Å². The largest absolute Gasteiger partial charge is 0.506 e. The summed E-state index contributed by atoms with van der Waals surface area (Å²) in [6.07, 6.45) is 1.03. The lowest BCUT2D eigenvalue weighted by Gasteiger charge is -2.34. The van der Waals surface area contributed by atoms with Crippen molar-refractivity contribution in [3.8, 4) is 5.75 Å². The zero-order valence-corrected chi connectivity index (χ0v) is 16.3. The van der Waals surface area contributed by atoms with Crippen LogP contribution < -0.4 is 0 Å². The van der Waals surface area contributed by atoms with Gasteiger partial charge in [0.05, 0.1) is 24.0 Å². The molecule has 0 unspecified atom stereocenters. The van der Waals surface area contributed by atoms with Crippen molar-refractivity contribution in [1.29, 1.82) is 0 Å². The third-order valence-corrected chi connectivity index (χ3v) is 5.40. The normalized spacial score (nSPS) is 16.1. The van der Waals surface area contributed by atoms with E-state index in [1.807, 2.05) is 30.0 Å². The Morgan fingerprint density at radius 3 is 2.71 bits per heavy atom. The number of amides is 1. The van der Waals surface area contributed by atoms with Gasteiger partial charge in [0, 0.05) is 6.54 Å². The van der Waals surface area contributed by atoms with E-state index in [0.29, 0.717) is 13.1 Å². The summed E-state index contributed by atoms with van der Waals surface area (Å²) in [5.74, 6) is 1.70. The third kappa shape index (κ3) is 3.73. The number of phenols is 1. The summed E-state index contributed by atoms with van der Waals surface area (Å²) in [7, 11) is 0. The minimum absolute atomic E-state index is 0.00622. The van der Waals surface area contributed by atoms with Crippen LogP contribution in [0.3, 0.4) is 0 Å². The molecule has 1 aliphatic rings. The summed E-state index contributed by atoms with van der Waals surface area (Å²) in [6, 6.07) is 15.2. The van der Waals surface area contributed by atoms with Crippen molar-refractivity contribution < 1.29 is 9.90 Å². The van der Waals surface area contributed by atoms with Crippen LogP contribution in [0.5, 0.6) is 5.75 Å². The molecule has 1 amide bonds. The first-order valence-corrected chi connectivity index (χ1v) is 9.58. The van der Waals surface area contributed by atoms with Crippen molar-refractivity contribution in [2.24, 2.45) is 0 Å². The quantitative estimate of drug-likeness (QED) is 0.734. The van der Waals surface area contributed by atoms with Crippen LogP contribution in [0.4, 0.5) is 0 Å². The highest BCUT2D eigenvalue weighted by Crippen LogP contribution is 2.27. The molecule has 144 valence electrons. The number of rotatable bonds is 4. The fourth-order valence-corrected chi connectivity index (χ4v) is 3.95. The SMILES string of the molecule is Cc1nnc2n1[C@H](Cc1ccccc1)CN(C(=O)Cc1ccc(O)c(Cl)c1)C2. The number of benzene rings is 2. The second kappa shape index (κ2) is 7.64. The molecule has 3 aromatic rings. The van der Waals surface area contributed by atoms with Gasteiger partial charge in [0.2, 0.25) is 5.91 Å². The summed E-state index contributed by atoms with van der Waals surface area (Å²) in [5.41, 5.74) is 1.99. The zero-order chi connectivity index (χ0) is 19.7. The number of nitrogens with zero attached hydrogens (tertiary/aromatic N) is 4. The molecule has 0 aliphatic carbocycles. The van der Waals surface area contributed by atoms with Crippen molar-refractivity contribution in [1.82, 2.24) is 19.7 Å². The predicted octanol–water partition coefficient (Wildman–Crippen LogP) is 3.31. The Hall–Kier alpha value is -2.86. The number of carbonyl (C=O) groups excluding carboxylic acids is 1. The lowest BCUT2D eigenvalue weighted by atomic mass is 10.0. The van der Waals surface area contributed by atoms with Gasteiger partial charge in [-0.2, -0.15) is 0 Å². The molecule has 0 spiro atoms. The van der Waals surface area contributed by atoms with E-state index in [1.54, 1.807) is 12.1 Å². The Morgan fingerprint density at radius 1 is 1.18 bits per heavy atom. The van der Waals surface area contributed by atoms with Gasteiger partial charge < -0.3 is 14.6 Å². The van der Waals surface area contributed by atoms with Gasteiger partial charge in [0.15, 0.2) is 5.82 Å². The summed E-state index contributed by atoms with van der Waals surface area (Å²) < 4.78 is 2.15. The van der Waals surface area contributed by atoms with Crippen LogP contribution in [0.1, 0.15) is 28.8 Å². The van der Waals surface area contributed by atoms with Crippen LogP contribution in [0.25, 0.3) is 0 Å². The molecular weight excluding hydrogens is 376 g/mol. The molecule has 0 saturated heterocycles. The maximum atomic E-state index is 12.9. The van der Waals surface area contributed by atoms with E-state index in [-0.39, 0.29) is 29.1 Å². The number of halogens is 1. The molecule has 0 fully saturated rings. The van der Waals surface area contributed by atoms with Gasteiger partial charge in [0.25, 0.3) is 0 Å². The lowest BCUT2D eigenvalue weighted by Crippen LogP contribution is -2.42. The first kappa shape index (κ1) is 18.5. The average molecular weight is 397 g/mol. The minimum Gasteiger partial charge on any atom is -0.506 e. The first-order chi connectivity index (χ1) is 13.5. The molecule has 0 bridgehead atoms. The van der Waals surface area contributed by atoms with Crippen LogP contribution in [-0.2, 0) is 24.2 Å². The summed E-state index contributed by atoms with van der Waals surface area (Å²) in [6.45, 7) is 2.99. The highest BCUT2D eigenvalue weighted by atomic mass is 35.5. The average Bonchev–Trinajstić information content (AvgIpc) is 3.07. The monoisotopic (exact) mass is 396 g/mol. The number of aryl methyl sites for hydroxylation is 1. The molecule has 0 saturated carbocycles. The van der Waals surface area contributed by atoms with Crippen LogP contribution in [-0.4, -0.2) is 37.2 Å². The Balaban J connectivity index is 1.55. The first-order valence-electron chi connectivity index (χ1n) is 9.20. The second-order valence-corrected chi connectivity index (χ2v) is 7.52. The highest BCUT2D eigenvalue weighted by Gasteiger charge is 2.30. The number of aromatic nitrogens is 3. The number of aromatic hydroxyl groups is 1. The fourth-order valence-electron chi connectivity index (χ4n) is 3.75. The molecule has 1 aromatic heterocycles. The molecule has 6 nitrogen and oxygen atoms in total. The summed E-state index contributed by atoms with van der Waals surface area (Å²) >= 11 is 5.97. The number of phenolic OH excluding ortho intramolecular Hbond substituents is 1. The van der Waals surface area contributed by atoms with Gasteiger partial charge in [-0.3, -0.25) is 4.79 Å². The standard InChI is InChI=1S/C21H21ClN4O2/c1-14-23-24-20-13-25(21(28)11-16-7-8-19(27)18(22)10-16)12-17(26(14)20)9-15-5-3-2-4-6-15/h2-8,10,17,27H,9,11-13H2,1H3/t17-/m1/s1. The van der Waals surface area contributed by atoms with Gasteiger partial charge in [-0.15, -0.1) is 10.2 Å². The fraction of sp³-hybridized carbons (Fsp3) is 0.286. The Bertz CT molecular complexity index is 1000. The van der Waals surface area contributed by atoms with E-state index in [9.17, 15) is 9.90 Å². The van der Waals surface area contributed by atoms with Crippen molar-refractivity contribution in [2.75, 3.05) is 6.54 Å². The summed E-state index contributed by atoms with van der Waals surface area (Å²) in [4.78, 5) is 14.8. The van der Waals surface area contributed by atoms with Crippen molar-refractivity contribution in [2.45, 2.75) is 32.4 Å². The molecule has 1 aliphatic heterocycles. The molecule has 0 radical (unpaired) electrons. The number of fused-ring (bicyclic) bond motifs is 1. The topological polar surface area (TPSA) is 71.2 Å². The van der Waals surface area contributed by atoms with Crippen molar-refractivity contribution in [3.63, 3.8) is 0 Å². The molecule has 28 heavy (non-hydrogen) atoms. The molecule has 1 N–H and O–H groups in total. The molecular formula is C21H21ClN4O2. The Morgan fingerprint density at radius 2 is 1.96 bits per heavy atom. The van der Waals surface area contributed by atoms with Crippen LogP contribution in [0, 0.1) is 6.92 Å². The van der Waals surface area contributed by atoms with Gasteiger partial charge in [-0.25, -0.2) is 0 Å². The molecule has 2 aromatic carbocycles. The smallest absolute Gasteiger partial charge is 0.227 e. The van der Waals surface area contributed by atoms with Crippen LogP contribution in [0.15, 0.2) is 48.5 Å². The van der Waals surface area contributed by atoms with E-state index in [4.69, 9.17) is 11.6 Å². The molecule has 7 heteroatoms. The van der Waals surface area contributed by atoms with Gasteiger partial charge in [-0.1, -0.05) is 48.0 Å². The Kier molecular flexibility index (Phi) is 5.05. The lowest BCUT2D eigenvalue weighted by molar-refractivity contribution is -0.132. The zero-order valence-electron chi connectivity index (χ0n) is 15.5. The molecule has 4 rings (SSSR count). The highest BCUT2D eigenvalue weighted by molar-refractivity contribution is 6.32. The van der Waals surface area contributed by atoms with Crippen LogP contribution >= 0.6 is 11.6 Å². The van der Waals surface area contributed by atoms with E-state index >= 15 is 0 Å². The number of hydrogen-bond acceptors (Lipinski definition) is 4. The molecule has 1 atom stereocenters. The van der Waals surface area contributed by atoms with Gasteiger partial charge in [0.1, 0.15) is 11.6 Å². The molecule has 2 heterocycles. The Labute approximate surface area is 168 Å². The second-order valence-electron chi connectivity index (χ2n) is 7.11. The van der Waals surface area contributed by atoms with Gasteiger partial charge >= 0.3 is 0 Å². The maximum absolute atomic E-state index is 12.9. The van der Waals surface area contributed by atoms with Crippen molar-refractivity contribution in [3.05, 3.63) is 76.3 Å². The van der Waals surface area contributed by atoms with Gasteiger partial charge in [-0.05, 0) is 36.6 Å². The van der Waals surface area contributed by atoms with E-state index in [2.05, 4.69) is 26.9 Å². The minimum atomic E-state index is 0.00622. The van der Waals surface area contributed by atoms with Crippen molar-refractivity contribution >= 4 is 17.5 Å². The summed E-state index contributed by atoms with van der Waals surface area (Å²) in [5, 5.41) is 18.3. The maximum Gasteiger partial charge on any atom is 0.227 e. The van der Waals surface area contributed by atoms with E-state index in [1.165, 1.54) is 11.6 Å². The van der Waals surface area contributed by atoms with Crippen LogP contribution in [0.2, 0.25) is 5.02 Å². The number of carbonyl (C=O) groups is 1.